The quantitative estimate of drug-likeness (QED) is 0.489. The lowest BCUT2D eigenvalue weighted by molar-refractivity contribution is -0.138. The van der Waals surface area contributed by atoms with Gasteiger partial charge in [-0.25, -0.2) is 0 Å². The summed E-state index contributed by atoms with van der Waals surface area (Å²) in [5.74, 6) is -1.03. The zero-order chi connectivity index (χ0) is 12.1. The maximum Gasteiger partial charge on any atom is 0.456 e. The Labute approximate surface area is 93.7 Å². The predicted molar refractivity (Wildman–Crippen MR) is 59.7 cm³/mol. The molecule has 0 fully saturated rings. The van der Waals surface area contributed by atoms with E-state index >= 15 is 0 Å². The van der Waals surface area contributed by atoms with Crippen molar-refractivity contribution in [2.75, 3.05) is 0 Å². The third-order valence-electron chi connectivity index (χ3n) is 2.21. The van der Waals surface area contributed by atoms with Gasteiger partial charge < -0.3 is 20.9 Å². The Morgan fingerprint density at radius 3 is 2.19 bits per heavy atom. The largest absolute Gasteiger partial charge is 0.480 e. The molecule has 0 amide bonds. The lowest BCUT2D eigenvalue weighted by Crippen LogP contribution is -2.32. The summed E-state index contributed by atoms with van der Waals surface area (Å²) in [5.41, 5.74) is 6.98. The molecule has 0 saturated heterocycles. The Kier molecular flexibility index (Phi) is 4.48. The Bertz CT molecular complexity index is 352. The van der Waals surface area contributed by atoms with Crippen molar-refractivity contribution in [3.8, 4) is 0 Å². The molecule has 1 atom stereocenters. The number of benzene rings is 1. The van der Waals surface area contributed by atoms with Crippen molar-refractivity contribution in [3.63, 3.8) is 0 Å². The van der Waals surface area contributed by atoms with E-state index in [1.165, 1.54) is 0 Å². The predicted octanol–water partition coefficient (Wildman–Crippen LogP) is -0.805. The number of nitrogens with two attached hydrogens (primary N) is 1. The van der Waals surface area contributed by atoms with Gasteiger partial charge >= 0.3 is 13.1 Å². The highest BCUT2D eigenvalue weighted by Crippen LogP contribution is 2.07. The fourth-order valence-electron chi connectivity index (χ4n) is 1.36. The normalized spacial score (nSPS) is 12.2. The molecule has 6 heteroatoms. The Morgan fingerprint density at radius 2 is 1.75 bits per heavy atom. The van der Waals surface area contributed by atoms with Gasteiger partial charge in [0.15, 0.2) is 0 Å². The topological polar surface area (TPSA) is 104 Å². The van der Waals surface area contributed by atoms with Crippen LogP contribution >= 0.6 is 0 Å². The summed E-state index contributed by atoms with van der Waals surface area (Å²) in [7, 11) is -1.37. The highest BCUT2D eigenvalue weighted by Gasteiger charge is 2.12. The molecule has 0 unspecified atom stereocenters. The zero-order valence-corrected chi connectivity index (χ0v) is 8.71. The number of carboxylic acid groups (broad SMARTS) is 1. The van der Waals surface area contributed by atoms with Crippen LogP contribution in [0, 0.1) is 0 Å². The van der Waals surface area contributed by atoms with Crippen molar-refractivity contribution in [2.45, 2.75) is 18.8 Å². The van der Waals surface area contributed by atoms with E-state index in [0.717, 1.165) is 11.1 Å². The summed E-state index contributed by atoms with van der Waals surface area (Å²) in [5, 5.41) is 26.1. The van der Waals surface area contributed by atoms with Gasteiger partial charge in [-0.05, 0) is 12.0 Å². The van der Waals surface area contributed by atoms with Gasteiger partial charge in [-0.2, -0.15) is 0 Å². The van der Waals surface area contributed by atoms with Crippen LogP contribution in [-0.4, -0.2) is 34.3 Å². The Balaban J connectivity index is 2.61. The first-order valence-electron chi connectivity index (χ1n) is 4.91. The van der Waals surface area contributed by atoms with Crippen LogP contribution in [0.25, 0.3) is 0 Å². The molecule has 0 aliphatic heterocycles. The van der Waals surface area contributed by atoms with Gasteiger partial charge in [0, 0.05) is 6.32 Å². The fraction of sp³-hybridized carbons (Fsp3) is 0.300. The summed E-state index contributed by atoms with van der Waals surface area (Å²) in [6.45, 7) is 0. The lowest BCUT2D eigenvalue weighted by atomic mass is 9.82. The third kappa shape index (κ3) is 4.02. The van der Waals surface area contributed by atoms with Gasteiger partial charge in [0.05, 0.1) is 0 Å². The van der Waals surface area contributed by atoms with Crippen LogP contribution in [0.1, 0.15) is 11.1 Å². The maximum atomic E-state index is 10.5. The molecule has 0 bridgehead atoms. The van der Waals surface area contributed by atoms with Gasteiger partial charge in [-0.15, -0.1) is 0 Å². The van der Waals surface area contributed by atoms with Crippen LogP contribution in [0.5, 0.6) is 0 Å². The first-order valence-corrected chi connectivity index (χ1v) is 4.91. The summed E-state index contributed by atoms with van der Waals surface area (Å²) < 4.78 is 0. The average Bonchev–Trinajstić information content (AvgIpc) is 2.20. The van der Waals surface area contributed by atoms with Crippen molar-refractivity contribution in [1.29, 1.82) is 0 Å². The van der Waals surface area contributed by atoms with Gasteiger partial charge in [-0.3, -0.25) is 4.79 Å². The second-order valence-corrected chi connectivity index (χ2v) is 3.65. The first kappa shape index (κ1) is 12.7. The number of carboxylic acids is 1. The molecule has 86 valence electrons. The van der Waals surface area contributed by atoms with E-state index in [2.05, 4.69) is 0 Å². The molecule has 0 aromatic heterocycles. The molecule has 1 rings (SSSR count). The summed E-state index contributed by atoms with van der Waals surface area (Å²) in [6, 6.07) is 6.02. The average molecular weight is 223 g/mol. The van der Waals surface area contributed by atoms with Crippen molar-refractivity contribution in [2.24, 2.45) is 5.73 Å². The summed E-state index contributed by atoms with van der Waals surface area (Å²) in [4.78, 5) is 10.5. The molecule has 5 N–H and O–H groups in total. The summed E-state index contributed by atoms with van der Waals surface area (Å²) >= 11 is 0. The van der Waals surface area contributed by atoms with Crippen molar-refractivity contribution >= 4 is 13.1 Å². The minimum Gasteiger partial charge on any atom is -0.480 e. The first-order chi connectivity index (χ1) is 7.49. The number of rotatable bonds is 5. The molecular formula is C10H14BNO4. The van der Waals surface area contributed by atoms with Gasteiger partial charge in [0.25, 0.3) is 0 Å². The van der Waals surface area contributed by atoms with Crippen LogP contribution in [0.3, 0.4) is 0 Å². The highest BCUT2D eigenvalue weighted by atomic mass is 16.4. The lowest BCUT2D eigenvalue weighted by Gasteiger charge is -2.07. The summed E-state index contributed by atoms with van der Waals surface area (Å²) in [6.07, 6.45) is 0.419. The number of aliphatic carboxylic acids is 1. The minimum absolute atomic E-state index is 0.158. The van der Waals surface area contributed by atoms with E-state index in [9.17, 15) is 4.79 Å². The molecule has 0 aliphatic rings. The standard InChI is InChI=1S/C10H14BNO4/c12-9(10(13)14)5-7-1-3-8(4-2-7)6-11(15)16/h1-4,9,15-16H,5-6,12H2,(H,13,14)/t9-/m0/s1. The highest BCUT2D eigenvalue weighted by molar-refractivity contribution is 6.40. The van der Waals surface area contributed by atoms with Crippen LogP contribution in [0.2, 0.25) is 0 Å². The number of carbonyl (C=O) groups is 1. The smallest absolute Gasteiger partial charge is 0.456 e. The number of hydrogen-bond acceptors (Lipinski definition) is 4. The van der Waals surface area contributed by atoms with Crippen LogP contribution in [-0.2, 0) is 17.5 Å². The van der Waals surface area contributed by atoms with Gasteiger partial charge in [0.2, 0.25) is 0 Å². The van der Waals surface area contributed by atoms with Gasteiger partial charge in [-0.1, -0.05) is 29.8 Å². The molecular weight excluding hydrogens is 209 g/mol. The van der Waals surface area contributed by atoms with Crippen molar-refractivity contribution in [3.05, 3.63) is 35.4 Å². The van der Waals surface area contributed by atoms with Crippen molar-refractivity contribution < 1.29 is 19.9 Å². The Hall–Kier alpha value is -1.37. The molecule has 0 radical (unpaired) electrons. The molecule has 0 aliphatic carbocycles. The second-order valence-electron chi connectivity index (χ2n) is 3.65. The molecule has 0 spiro atoms. The third-order valence-corrected chi connectivity index (χ3v) is 2.21. The van der Waals surface area contributed by atoms with E-state index in [1.807, 2.05) is 0 Å². The van der Waals surface area contributed by atoms with Crippen LogP contribution in [0.15, 0.2) is 24.3 Å². The van der Waals surface area contributed by atoms with Crippen molar-refractivity contribution in [1.82, 2.24) is 0 Å². The van der Waals surface area contributed by atoms with E-state index < -0.39 is 19.1 Å². The number of hydrogen-bond donors (Lipinski definition) is 4. The second kappa shape index (κ2) is 5.65. The molecule has 16 heavy (non-hydrogen) atoms. The minimum atomic E-state index is -1.37. The van der Waals surface area contributed by atoms with Gasteiger partial charge in [0.1, 0.15) is 6.04 Å². The fourth-order valence-corrected chi connectivity index (χ4v) is 1.36. The molecule has 1 aromatic rings. The van der Waals surface area contributed by atoms with E-state index in [-0.39, 0.29) is 12.7 Å². The molecule has 1 aromatic carbocycles. The maximum absolute atomic E-state index is 10.5. The monoisotopic (exact) mass is 223 g/mol. The van der Waals surface area contributed by atoms with Crippen LogP contribution in [0.4, 0.5) is 0 Å². The Morgan fingerprint density at radius 1 is 1.25 bits per heavy atom. The van der Waals surface area contributed by atoms with E-state index in [0.29, 0.717) is 0 Å². The molecule has 0 saturated carbocycles. The molecule has 5 nitrogen and oxygen atoms in total. The SMILES string of the molecule is N[C@@H](Cc1ccc(CB(O)O)cc1)C(=O)O. The van der Waals surface area contributed by atoms with E-state index in [4.69, 9.17) is 20.9 Å². The molecule has 0 heterocycles. The van der Waals surface area contributed by atoms with E-state index in [1.54, 1.807) is 24.3 Å². The zero-order valence-electron chi connectivity index (χ0n) is 8.71. The van der Waals surface area contributed by atoms with Crippen LogP contribution < -0.4 is 5.73 Å².